The molecular weight excluding hydrogens is 212 g/mol. The van der Waals surface area contributed by atoms with Crippen LogP contribution < -0.4 is 10.3 Å². The molecule has 0 fully saturated rings. The summed E-state index contributed by atoms with van der Waals surface area (Å²) in [4.78, 5) is 25.2. The molecule has 6 heteroatoms. The van der Waals surface area contributed by atoms with Crippen LogP contribution in [0.5, 0.6) is 5.75 Å². The molecule has 0 aliphatic heterocycles. The van der Waals surface area contributed by atoms with Gasteiger partial charge >= 0.3 is 0 Å². The SMILES string of the molecule is COc1c(C(=O)CO)c(C)[nH]c(=O)c1C#N. The number of ketones is 1. The highest BCUT2D eigenvalue weighted by atomic mass is 16.5. The molecule has 0 atom stereocenters. The molecular formula is C10H10N2O4. The fraction of sp³-hybridized carbons (Fsp3) is 0.300. The zero-order chi connectivity index (χ0) is 12.3. The van der Waals surface area contributed by atoms with E-state index < -0.39 is 17.9 Å². The van der Waals surface area contributed by atoms with Crippen LogP contribution in [0.4, 0.5) is 0 Å². The highest BCUT2D eigenvalue weighted by molar-refractivity contribution is 6.01. The number of nitrogens with one attached hydrogen (secondary N) is 1. The Morgan fingerprint density at radius 1 is 1.62 bits per heavy atom. The van der Waals surface area contributed by atoms with Gasteiger partial charge in [0, 0.05) is 5.69 Å². The van der Waals surface area contributed by atoms with Gasteiger partial charge in [-0.1, -0.05) is 0 Å². The maximum absolute atomic E-state index is 11.4. The van der Waals surface area contributed by atoms with Crippen molar-refractivity contribution in [3.8, 4) is 11.8 Å². The predicted octanol–water partition coefficient (Wildman–Crippen LogP) is -0.261. The first-order valence-electron chi connectivity index (χ1n) is 4.41. The van der Waals surface area contributed by atoms with E-state index in [1.807, 2.05) is 0 Å². The van der Waals surface area contributed by atoms with Crippen LogP contribution in [0.3, 0.4) is 0 Å². The van der Waals surface area contributed by atoms with Crippen LogP contribution in [0.2, 0.25) is 0 Å². The van der Waals surface area contributed by atoms with Crippen LogP contribution in [-0.2, 0) is 0 Å². The second-order valence-corrected chi connectivity index (χ2v) is 3.06. The van der Waals surface area contributed by atoms with E-state index in [9.17, 15) is 9.59 Å². The van der Waals surface area contributed by atoms with Crippen molar-refractivity contribution in [3.05, 3.63) is 27.2 Å². The van der Waals surface area contributed by atoms with Crippen molar-refractivity contribution in [1.29, 1.82) is 5.26 Å². The Morgan fingerprint density at radius 2 is 2.25 bits per heavy atom. The zero-order valence-electron chi connectivity index (χ0n) is 8.83. The summed E-state index contributed by atoms with van der Waals surface area (Å²) < 4.78 is 4.88. The van der Waals surface area contributed by atoms with Crippen LogP contribution in [0.1, 0.15) is 21.6 Å². The summed E-state index contributed by atoms with van der Waals surface area (Å²) in [6.07, 6.45) is 0. The van der Waals surface area contributed by atoms with Crippen molar-refractivity contribution in [2.45, 2.75) is 6.92 Å². The second-order valence-electron chi connectivity index (χ2n) is 3.06. The molecule has 2 N–H and O–H groups in total. The highest BCUT2D eigenvalue weighted by Crippen LogP contribution is 2.22. The molecule has 0 amide bonds. The number of carbonyl (C=O) groups is 1. The van der Waals surface area contributed by atoms with E-state index in [4.69, 9.17) is 15.1 Å². The van der Waals surface area contributed by atoms with Crippen molar-refractivity contribution in [3.63, 3.8) is 0 Å². The number of nitriles is 1. The summed E-state index contributed by atoms with van der Waals surface area (Å²) >= 11 is 0. The predicted molar refractivity (Wildman–Crippen MR) is 54.5 cm³/mol. The Balaban J connectivity index is 3.67. The highest BCUT2D eigenvalue weighted by Gasteiger charge is 2.21. The number of hydrogen-bond acceptors (Lipinski definition) is 5. The third kappa shape index (κ3) is 1.81. The molecule has 0 saturated heterocycles. The number of carbonyl (C=O) groups excluding carboxylic acids is 1. The molecule has 0 spiro atoms. The van der Waals surface area contributed by atoms with E-state index in [-0.39, 0.29) is 22.6 Å². The molecule has 0 radical (unpaired) electrons. The minimum atomic E-state index is -0.714. The fourth-order valence-electron chi connectivity index (χ4n) is 1.41. The second kappa shape index (κ2) is 4.59. The van der Waals surface area contributed by atoms with E-state index >= 15 is 0 Å². The molecule has 1 heterocycles. The van der Waals surface area contributed by atoms with Crippen molar-refractivity contribution in [1.82, 2.24) is 4.98 Å². The number of aliphatic hydroxyl groups is 1. The number of hydrogen-bond donors (Lipinski definition) is 2. The Labute approximate surface area is 91.1 Å². The summed E-state index contributed by atoms with van der Waals surface area (Å²) in [6, 6.07) is 1.66. The standard InChI is InChI=1S/C10H10N2O4/c1-5-8(7(14)4-13)9(16-2)6(3-11)10(15)12-5/h13H,4H2,1-2H3,(H,12,15). The molecule has 0 saturated carbocycles. The lowest BCUT2D eigenvalue weighted by molar-refractivity contribution is 0.0899. The van der Waals surface area contributed by atoms with Gasteiger partial charge in [0.2, 0.25) is 0 Å². The average Bonchev–Trinajstić information content (AvgIpc) is 2.27. The monoisotopic (exact) mass is 222 g/mol. The number of nitrogens with zero attached hydrogens (tertiary/aromatic N) is 1. The van der Waals surface area contributed by atoms with Gasteiger partial charge in [-0.05, 0) is 6.92 Å². The minimum absolute atomic E-state index is 0.0288. The Bertz CT molecular complexity index is 525. The number of aliphatic hydroxyl groups excluding tert-OH is 1. The topological polar surface area (TPSA) is 103 Å². The van der Waals surface area contributed by atoms with Gasteiger partial charge in [0.25, 0.3) is 5.56 Å². The number of pyridine rings is 1. The molecule has 0 aliphatic rings. The summed E-state index contributed by atoms with van der Waals surface area (Å²) in [7, 11) is 1.25. The Morgan fingerprint density at radius 3 is 2.69 bits per heavy atom. The smallest absolute Gasteiger partial charge is 0.269 e. The molecule has 1 rings (SSSR count). The average molecular weight is 222 g/mol. The fourth-order valence-corrected chi connectivity index (χ4v) is 1.41. The van der Waals surface area contributed by atoms with E-state index in [0.29, 0.717) is 0 Å². The molecule has 0 aromatic carbocycles. The number of H-pyrrole nitrogens is 1. The van der Waals surface area contributed by atoms with E-state index in [2.05, 4.69) is 4.98 Å². The van der Waals surface area contributed by atoms with Crippen molar-refractivity contribution < 1.29 is 14.6 Å². The van der Waals surface area contributed by atoms with Gasteiger partial charge in [-0.3, -0.25) is 9.59 Å². The first-order valence-corrected chi connectivity index (χ1v) is 4.41. The van der Waals surface area contributed by atoms with Crippen molar-refractivity contribution in [2.24, 2.45) is 0 Å². The number of methoxy groups -OCH3 is 1. The van der Waals surface area contributed by atoms with E-state index in [0.717, 1.165) is 0 Å². The molecule has 0 bridgehead atoms. The number of Topliss-reactive ketones (excluding diaryl/α,β-unsaturated/α-hetero) is 1. The largest absolute Gasteiger partial charge is 0.494 e. The molecule has 0 aliphatic carbocycles. The third-order valence-corrected chi connectivity index (χ3v) is 2.10. The first-order chi connectivity index (χ1) is 7.56. The molecule has 16 heavy (non-hydrogen) atoms. The van der Waals surface area contributed by atoms with Gasteiger partial charge < -0.3 is 14.8 Å². The van der Waals surface area contributed by atoms with Crippen LogP contribution in [-0.4, -0.2) is 29.6 Å². The molecule has 84 valence electrons. The number of ether oxygens (including phenoxy) is 1. The van der Waals surface area contributed by atoms with Crippen LogP contribution >= 0.6 is 0 Å². The molecule has 6 nitrogen and oxygen atoms in total. The van der Waals surface area contributed by atoms with Crippen LogP contribution in [0.25, 0.3) is 0 Å². The Hall–Kier alpha value is -2.13. The number of rotatable bonds is 3. The number of aromatic amines is 1. The summed E-state index contributed by atoms with van der Waals surface area (Å²) in [6.45, 7) is 0.780. The summed E-state index contributed by atoms with van der Waals surface area (Å²) in [5.41, 5.74) is -0.600. The van der Waals surface area contributed by atoms with Gasteiger partial charge in [0.15, 0.2) is 17.1 Å². The van der Waals surface area contributed by atoms with Crippen molar-refractivity contribution >= 4 is 5.78 Å². The zero-order valence-corrected chi connectivity index (χ0v) is 8.83. The van der Waals surface area contributed by atoms with Crippen LogP contribution in [0.15, 0.2) is 4.79 Å². The lowest BCUT2D eigenvalue weighted by Crippen LogP contribution is -2.19. The third-order valence-electron chi connectivity index (χ3n) is 2.10. The normalized spacial score (nSPS) is 9.62. The lowest BCUT2D eigenvalue weighted by atomic mass is 10.1. The lowest BCUT2D eigenvalue weighted by Gasteiger charge is -2.10. The first kappa shape index (κ1) is 11.9. The van der Waals surface area contributed by atoms with Gasteiger partial charge in [0.1, 0.15) is 12.7 Å². The van der Waals surface area contributed by atoms with E-state index in [1.54, 1.807) is 6.07 Å². The summed E-state index contributed by atoms with van der Waals surface area (Å²) in [5.74, 6) is -0.704. The maximum atomic E-state index is 11.4. The van der Waals surface area contributed by atoms with Gasteiger partial charge in [-0.15, -0.1) is 0 Å². The quantitative estimate of drug-likeness (QED) is 0.685. The number of aryl methyl sites for hydroxylation is 1. The van der Waals surface area contributed by atoms with Crippen LogP contribution in [0, 0.1) is 18.3 Å². The van der Waals surface area contributed by atoms with Gasteiger partial charge in [-0.25, -0.2) is 0 Å². The molecule has 1 aromatic heterocycles. The maximum Gasteiger partial charge on any atom is 0.269 e. The molecule has 0 unspecified atom stereocenters. The molecule has 1 aromatic rings. The summed E-state index contributed by atoms with van der Waals surface area (Å²) in [5, 5.41) is 17.6. The number of aromatic nitrogens is 1. The van der Waals surface area contributed by atoms with Gasteiger partial charge in [-0.2, -0.15) is 5.26 Å². The van der Waals surface area contributed by atoms with Gasteiger partial charge in [0.05, 0.1) is 12.7 Å². The van der Waals surface area contributed by atoms with E-state index in [1.165, 1.54) is 14.0 Å². The Kier molecular flexibility index (Phi) is 3.43. The van der Waals surface area contributed by atoms with Crippen molar-refractivity contribution in [2.75, 3.05) is 13.7 Å². The minimum Gasteiger partial charge on any atom is -0.494 e.